The Morgan fingerprint density at radius 3 is 2.55 bits per heavy atom. The highest BCUT2D eigenvalue weighted by atomic mass is 15.2. The van der Waals surface area contributed by atoms with Gasteiger partial charge in [0.25, 0.3) is 5.82 Å². The highest BCUT2D eigenvalue weighted by molar-refractivity contribution is 5.76. The Morgan fingerprint density at radius 1 is 1.06 bits per heavy atom. The number of hydrogen-bond acceptors (Lipinski definition) is 0. The van der Waals surface area contributed by atoms with Crippen molar-refractivity contribution in [3.05, 3.63) is 115 Å². The Labute approximate surface area is 196 Å². The van der Waals surface area contributed by atoms with Gasteiger partial charge in [0.1, 0.15) is 18.9 Å². The Morgan fingerprint density at radius 2 is 1.82 bits per heavy atom. The molecule has 0 saturated carbocycles. The summed E-state index contributed by atoms with van der Waals surface area (Å²) in [6, 6.07) is 21.7. The van der Waals surface area contributed by atoms with Gasteiger partial charge in [-0.2, -0.15) is 4.57 Å². The predicted molar refractivity (Wildman–Crippen MR) is 137 cm³/mol. The van der Waals surface area contributed by atoms with Crippen LogP contribution in [0, 0.1) is 0 Å². The minimum Gasteiger partial charge on any atom is -0.277 e. The Kier molecular flexibility index (Phi) is 5.47. The molecule has 0 N–H and O–H groups in total. The van der Waals surface area contributed by atoms with E-state index in [9.17, 15) is 0 Å². The summed E-state index contributed by atoms with van der Waals surface area (Å²) in [5.41, 5.74) is 7.45. The lowest BCUT2D eigenvalue weighted by atomic mass is 10.0. The van der Waals surface area contributed by atoms with Crippen molar-refractivity contribution in [2.24, 2.45) is 0 Å². The molecular weight excluding hydrogens is 402 g/mol. The molecule has 0 spiro atoms. The van der Waals surface area contributed by atoms with Crippen LogP contribution in [-0.2, 0) is 6.54 Å². The van der Waals surface area contributed by atoms with Crippen LogP contribution in [0.2, 0.25) is 0 Å². The lowest BCUT2D eigenvalue weighted by Gasteiger charge is -2.15. The summed E-state index contributed by atoms with van der Waals surface area (Å²) in [5, 5.41) is 0. The molecule has 2 aromatic carbocycles. The van der Waals surface area contributed by atoms with Gasteiger partial charge in [-0.1, -0.05) is 81.1 Å². The molecule has 0 bridgehead atoms. The third kappa shape index (κ3) is 3.50. The Balaban J connectivity index is 1.87. The standard InChI is InChI=1S/C30H30N3/c1-5-12-25(13-6-2)33-28(23-14-8-7-9-15-23)20-27(22(3)4)30(33)32-19-18-31-21-24-16-10-11-17-26(24)29(31)32/h5-20,22H,1,21H2,2-4H3/q+1/b13-6-,25-12+. The molecule has 164 valence electrons. The topological polar surface area (TPSA) is 13.7 Å². The van der Waals surface area contributed by atoms with E-state index in [4.69, 9.17) is 0 Å². The van der Waals surface area contributed by atoms with Gasteiger partial charge >= 0.3 is 0 Å². The normalized spacial score (nSPS) is 13.0. The van der Waals surface area contributed by atoms with Crippen molar-refractivity contribution < 1.29 is 4.57 Å². The van der Waals surface area contributed by atoms with E-state index in [0.717, 1.165) is 12.2 Å². The lowest BCUT2D eigenvalue weighted by molar-refractivity contribution is -0.671. The van der Waals surface area contributed by atoms with Crippen LogP contribution in [0.3, 0.4) is 0 Å². The molecule has 0 amide bonds. The quantitative estimate of drug-likeness (QED) is 0.203. The maximum atomic E-state index is 4.00. The zero-order valence-corrected chi connectivity index (χ0v) is 19.6. The zero-order valence-electron chi connectivity index (χ0n) is 19.6. The summed E-state index contributed by atoms with van der Waals surface area (Å²) in [6.45, 7) is 11.5. The first-order chi connectivity index (χ1) is 16.1. The van der Waals surface area contributed by atoms with E-state index in [-0.39, 0.29) is 0 Å². The fraction of sp³-hybridized carbons (Fsp3) is 0.167. The monoisotopic (exact) mass is 432 g/mol. The first kappa shape index (κ1) is 21.0. The van der Waals surface area contributed by atoms with Gasteiger partial charge in [0.2, 0.25) is 5.82 Å². The second-order valence-electron chi connectivity index (χ2n) is 8.77. The number of allylic oxidation sites excluding steroid dienone is 5. The molecule has 0 aliphatic carbocycles. The zero-order chi connectivity index (χ0) is 22.9. The molecule has 3 nitrogen and oxygen atoms in total. The van der Waals surface area contributed by atoms with E-state index in [1.54, 1.807) is 0 Å². The van der Waals surface area contributed by atoms with Gasteiger partial charge in [0.15, 0.2) is 0 Å². The Bertz CT molecular complexity index is 1380. The van der Waals surface area contributed by atoms with Gasteiger partial charge in [0.05, 0.1) is 11.3 Å². The fourth-order valence-electron chi connectivity index (χ4n) is 4.84. The van der Waals surface area contributed by atoms with Gasteiger partial charge in [-0.05, 0) is 42.7 Å². The summed E-state index contributed by atoms with van der Waals surface area (Å²) in [4.78, 5) is 0. The second kappa shape index (κ2) is 8.59. The van der Waals surface area contributed by atoms with Gasteiger partial charge in [-0.15, -0.1) is 0 Å². The van der Waals surface area contributed by atoms with Crippen molar-refractivity contribution in [1.82, 2.24) is 9.13 Å². The van der Waals surface area contributed by atoms with E-state index < -0.39 is 0 Å². The number of imidazole rings is 1. The van der Waals surface area contributed by atoms with E-state index in [2.05, 4.69) is 132 Å². The van der Waals surface area contributed by atoms with E-state index in [1.165, 1.54) is 39.6 Å². The molecule has 3 heteroatoms. The first-order valence-corrected chi connectivity index (χ1v) is 11.6. The third-order valence-electron chi connectivity index (χ3n) is 6.30. The fourth-order valence-corrected chi connectivity index (χ4v) is 4.84. The summed E-state index contributed by atoms with van der Waals surface area (Å²) in [6.07, 6.45) is 12.6. The van der Waals surface area contributed by atoms with E-state index in [1.807, 2.05) is 6.08 Å². The number of aromatic nitrogens is 3. The minimum atomic E-state index is 0.360. The van der Waals surface area contributed by atoms with Crippen LogP contribution >= 0.6 is 0 Å². The highest BCUT2D eigenvalue weighted by Crippen LogP contribution is 2.38. The van der Waals surface area contributed by atoms with Gasteiger partial charge in [-0.3, -0.25) is 4.57 Å². The van der Waals surface area contributed by atoms with Crippen LogP contribution in [-0.4, -0.2) is 9.13 Å². The number of fused-ring (bicyclic) bond motifs is 3. The van der Waals surface area contributed by atoms with Crippen molar-refractivity contribution >= 4 is 5.70 Å². The molecule has 2 aromatic heterocycles. The maximum absolute atomic E-state index is 4.00. The first-order valence-electron chi connectivity index (χ1n) is 11.6. The average molecular weight is 433 g/mol. The molecular formula is C30H30N3+. The van der Waals surface area contributed by atoms with Crippen LogP contribution in [0.25, 0.3) is 34.2 Å². The largest absolute Gasteiger partial charge is 0.296 e. The number of rotatable bonds is 6. The molecule has 0 unspecified atom stereocenters. The minimum absolute atomic E-state index is 0.360. The van der Waals surface area contributed by atoms with Crippen molar-refractivity contribution in [3.63, 3.8) is 0 Å². The van der Waals surface area contributed by atoms with Crippen molar-refractivity contribution in [2.75, 3.05) is 0 Å². The molecule has 3 heterocycles. The van der Waals surface area contributed by atoms with E-state index >= 15 is 0 Å². The average Bonchev–Trinajstić information content (AvgIpc) is 3.51. The number of hydrogen-bond donors (Lipinski definition) is 0. The summed E-state index contributed by atoms with van der Waals surface area (Å²) < 4.78 is 7.10. The summed E-state index contributed by atoms with van der Waals surface area (Å²) in [5.74, 6) is 2.77. The van der Waals surface area contributed by atoms with E-state index in [0.29, 0.717) is 5.92 Å². The highest BCUT2D eigenvalue weighted by Gasteiger charge is 2.34. The molecule has 0 radical (unpaired) electrons. The van der Waals surface area contributed by atoms with Gasteiger partial charge in [0, 0.05) is 16.8 Å². The van der Waals surface area contributed by atoms with Crippen LogP contribution in [0.15, 0.2) is 104 Å². The third-order valence-corrected chi connectivity index (χ3v) is 6.30. The molecule has 1 aliphatic heterocycles. The van der Waals surface area contributed by atoms with Crippen LogP contribution in [0.5, 0.6) is 0 Å². The maximum Gasteiger partial charge on any atom is 0.296 e. The lowest BCUT2D eigenvalue weighted by Crippen LogP contribution is -2.30. The summed E-state index contributed by atoms with van der Waals surface area (Å²) in [7, 11) is 0. The SMILES string of the molecule is C=C/C=C(\C=C/C)n1c(-c2ccccc2)cc(C(C)C)c1-n1cc[n+]2c1-c1ccccc1C2. The molecule has 4 aromatic rings. The number of benzene rings is 2. The van der Waals surface area contributed by atoms with Crippen LogP contribution < -0.4 is 4.57 Å². The molecule has 1 aliphatic rings. The Hall–Kier alpha value is -3.85. The molecule has 33 heavy (non-hydrogen) atoms. The molecule has 0 atom stereocenters. The number of nitrogens with zero attached hydrogens (tertiary/aromatic N) is 3. The molecule has 0 fully saturated rings. The predicted octanol–water partition coefficient (Wildman–Crippen LogP) is 6.99. The second-order valence-corrected chi connectivity index (χ2v) is 8.77. The molecule has 0 saturated heterocycles. The van der Waals surface area contributed by atoms with Crippen molar-refractivity contribution in [1.29, 1.82) is 0 Å². The van der Waals surface area contributed by atoms with Crippen molar-refractivity contribution in [2.45, 2.75) is 33.2 Å². The smallest absolute Gasteiger partial charge is 0.277 e. The van der Waals surface area contributed by atoms with Gasteiger partial charge in [-0.25, -0.2) is 4.57 Å². The van der Waals surface area contributed by atoms with Crippen molar-refractivity contribution in [3.8, 4) is 28.5 Å². The molecule has 5 rings (SSSR count). The van der Waals surface area contributed by atoms with Gasteiger partial charge < -0.3 is 0 Å². The van der Waals surface area contributed by atoms with Crippen LogP contribution in [0.1, 0.15) is 37.8 Å². The van der Waals surface area contributed by atoms with Crippen LogP contribution in [0.4, 0.5) is 0 Å². The summed E-state index contributed by atoms with van der Waals surface area (Å²) >= 11 is 0.